The smallest absolute Gasteiger partial charge is 0.337 e. The minimum atomic E-state index is -2.88. The van der Waals surface area contributed by atoms with Crippen LogP contribution in [0.1, 0.15) is 32.8 Å². The van der Waals surface area contributed by atoms with Gasteiger partial charge in [-0.15, -0.1) is 0 Å². The van der Waals surface area contributed by atoms with Gasteiger partial charge in [-0.1, -0.05) is 0 Å². The molecule has 0 aromatic carbocycles. The lowest BCUT2D eigenvalue weighted by molar-refractivity contribution is 0.0696. The molecular weight excluding hydrogens is 284 g/mol. The molecule has 0 bridgehead atoms. The lowest BCUT2D eigenvalue weighted by Crippen LogP contribution is -2.16. The number of carbonyl (C=O) groups is 2. The van der Waals surface area contributed by atoms with E-state index in [1.165, 1.54) is 24.3 Å². The molecule has 0 spiro atoms. The van der Waals surface area contributed by atoms with E-state index in [2.05, 4.69) is 15.3 Å². The van der Waals surface area contributed by atoms with E-state index in [0.29, 0.717) is 0 Å². The van der Waals surface area contributed by atoms with Gasteiger partial charge in [-0.3, -0.25) is 9.78 Å². The summed E-state index contributed by atoms with van der Waals surface area (Å²) in [5, 5.41) is 11.0. The van der Waals surface area contributed by atoms with E-state index >= 15 is 0 Å². The first-order valence-electron chi connectivity index (χ1n) is 5.73. The molecule has 2 N–H and O–H groups in total. The summed E-state index contributed by atoms with van der Waals surface area (Å²) in [6.45, 7) is 0. The summed E-state index contributed by atoms with van der Waals surface area (Å²) in [5.41, 5.74) is -0.948. The van der Waals surface area contributed by atoms with Gasteiger partial charge >= 0.3 is 5.97 Å². The average molecular weight is 293 g/mol. The number of carboxylic acids is 1. The second-order valence-electron chi connectivity index (χ2n) is 3.93. The van der Waals surface area contributed by atoms with Crippen LogP contribution in [0.3, 0.4) is 0 Å². The first-order valence-corrected chi connectivity index (χ1v) is 5.73. The number of carboxylic acid groups (broad SMARTS) is 1. The fraction of sp³-hybridized carbons (Fsp3) is 0.0769. The molecule has 108 valence electrons. The molecule has 2 aromatic heterocycles. The zero-order chi connectivity index (χ0) is 15.4. The number of anilines is 1. The predicted octanol–water partition coefficient (Wildman–Crippen LogP) is 2.36. The molecule has 1 amide bonds. The largest absolute Gasteiger partial charge is 0.478 e. The average Bonchev–Trinajstić information content (AvgIpc) is 2.47. The summed E-state index contributed by atoms with van der Waals surface area (Å²) in [4.78, 5) is 29.8. The van der Waals surface area contributed by atoms with Crippen LogP contribution in [0, 0.1) is 0 Å². The van der Waals surface area contributed by atoms with E-state index < -0.39 is 24.0 Å². The van der Waals surface area contributed by atoms with Crippen LogP contribution in [0.5, 0.6) is 0 Å². The van der Waals surface area contributed by atoms with Gasteiger partial charge in [0.15, 0.2) is 0 Å². The molecule has 0 atom stereocenters. The molecule has 0 radical (unpaired) electrons. The van der Waals surface area contributed by atoms with Crippen molar-refractivity contribution in [3.63, 3.8) is 0 Å². The Morgan fingerprint density at radius 2 is 1.95 bits per heavy atom. The van der Waals surface area contributed by atoms with Gasteiger partial charge in [0.05, 0.1) is 11.1 Å². The highest BCUT2D eigenvalue weighted by molar-refractivity contribution is 6.04. The number of aromatic carboxylic acids is 1. The number of aromatic nitrogens is 2. The Morgan fingerprint density at radius 1 is 1.19 bits per heavy atom. The van der Waals surface area contributed by atoms with Gasteiger partial charge in [0.1, 0.15) is 11.5 Å². The second-order valence-corrected chi connectivity index (χ2v) is 3.93. The monoisotopic (exact) mass is 293 g/mol. The van der Waals surface area contributed by atoms with Crippen molar-refractivity contribution in [2.24, 2.45) is 0 Å². The topological polar surface area (TPSA) is 92.2 Å². The zero-order valence-corrected chi connectivity index (χ0v) is 10.5. The minimum Gasteiger partial charge on any atom is -0.478 e. The summed E-state index contributed by atoms with van der Waals surface area (Å²) >= 11 is 0. The SMILES string of the molecule is O=C(O)c1ccc(NC(=O)c2cccnc2C(F)F)nc1. The molecule has 0 saturated heterocycles. The highest BCUT2D eigenvalue weighted by Crippen LogP contribution is 2.21. The molecule has 0 fully saturated rings. The fourth-order valence-corrected chi connectivity index (χ4v) is 1.56. The predicted molar refractivity (Wildman–Crippen MR) is 68.3 cm³/mol. The summed E-state index contributed by atoms with van der Waals surface area (Å²) in [6, 6.07) is 5.08. The first-order chi connectivity index (χ1) is 9.99. The van der Waals surface area contributed by atoms with Gasteiger partial charge in [0.2, 0.25) is 0 Å². The molecule has 2 rings (SSSR count). The van der Waals surface area contributed by atoms with Gasteiger partial charge < -0.3 is 10.4 Å². The van der Waals surface area contributed by atoms with Crippen LogP contribution in [0.15, 0.2) is 36.7 Å². The van der Waals surface area contributed by atoms with Crippen molar-refractivity contribution in [1.82, 2.24) is 9.97 Å². The minimum absolute atomic E-state index is 0.0501. The highest BCUT2D eigenvalue weighted by Gasteiger charge is 2.19. The summed E-state index contributed by atoms with van der Waals surface area (Å²) in [5.74, 6) is -1.91. The van der Waals surface area contributed by atoms with Crippen LogP contribution >= 0.6 is 0 Å². The van der Waals surface area contributed by atoms with Crippen molar-refractivity contribution < 1.29 is 23.5 Å². The molecule has 0 unspecified atom stereocenters. The molecule has 2 aromatic rings. The number of hydrogen-bond donors (Lipinski definition) is 2. The number of pyridine rings is 2. The fourth-order valence-electron chi connectivity index (χ4n) is 1.56. The van der Waals surface area contributed by atoms with Crippen LogP contribution in [-0.4, -0.2) is 27.0 Å². The van der Waals surface area contributed by atoms with E-state index in [1.807, 2.05) is 0 Å². The quantitative estimate of drug-likeness (QED) is 0.902. The van der Waals surface area contributed by atoms with Crippen molar-refractivity contribution in [1.29, 1.82) is 0 Å². The molecule has 0 saturated carbocycles. The number of nitrogens with one attached hydrogen (secondary N) is 1. The van der Waals surface area contributed by atoms with Gasteiger partial charge in [-0.25, -0.2) is 18.6 Å². The van der Waals surface area contributed by atoms with E-state index in [-0.39, 0.29) is 16.9 Å². The van der Waals surface area contributed by atoms with E-state index in [0.717, 1.165) is 12.4 Å². The number of hydrogen-bond acceptors (Lipinski definition) is 4. The second kappa shape index (κ2) is 6.04. The Balaban J connectivity index is 2.20. The lowest BCUT2D eigenvalue weighted by Gasteiger charge is -2.08. The van der Waals surface area contributed by atoms with Crippen molar-refractivity contribution in [3.8, 4) is 0 Å². The van der Waals surface area contributed by atoms with Gasteiger partial charge in [-0.2, -0.15) is 0 Å². The molecule has 0 aliphatic carbocycles. The third-order valence-corrected chi connectivity index (χ3v) is 2.54. The van der Waals surface area contributed by atoms with Crippen LogP contribution in [0.4, 0.5) is 14.6 Å². The van der Waals surface area contributed by atoms with Crippen molar-refractivity contribution in [2.75, 3.05) is 5.32 Å². The first kappa shape index (κ1) is 14.5. The van der Waals surface area contributed by atoms with Crippen LogP contribution < -0.4 is 5.32 Å². The number of alkyl halides is 2. The van der Waals surface area contributed by atoms with Crippen LogP contribution in [0.2, 0.25) is 0 Å². The van der Waals surface area contributed by atoms with Gasteiger partial charge in [0.25, 0.3) is 12.3 Å². The Bertz CT molecular complexity index is 675. The van der Waals surface area contributed by atoms with Crippen LogP contribution in [-0.2, 0) is 0 Å². The molecule has 8 heteroatoms. The van der Waals surface area contributed by atoms with Gasteiger partial charge in [0, 0.05) is 12.4 Å². The molecular formula is C13H9F2N3O3. The van der Waals surface area contributed by atoms with E-state index in [1.54, 1.807) is 0 Å². The van der Waals surface area contributed by atoms with E-state index in [9.17, 15) is 18.4 Å². The Morgan fingerprint density at radius 3 is 2.52 bits per heavy atom. The third-order valence-electron chi connectivity index (χ3n) is 2.54. The summed E-state index contributed by atoms with van der Waals surface area (Å²) in [7, 11) is 0. The van der Waals surface area contributed by atoms with Crippen molar-refractivity contribution in [2.45, 2.75) is 6.43 Å². The Hall–Kier alpha value is -2.90. The number of carbonyl (C=O) groups excluding carboxylic acids is 1. The highest BCUT2D eigenvalue weighted by atomic mass is 19.3. The standard InChI is InChI=1S/C13H9F2N3O3/c14-11(15)10-8(2-1-5-16-10)12(19)18-9-4-3-7(6-17-9)13(20)21/h1-6,11H,(H,20,21)(H,17,18,19). The summed E-state index contributed by atoms with van der Waals surface area (Å²) in [6.07, 6.45) is -0.665. The third kappa shape index (κ3) is 3.35. The van der Waals surface area contributed by atoms with Gasteiger partial charge in [-0.05, 0) is 24.3 Å². The molecule has 0 aliphatic heterocycles. The van der Waals surface area contributed by atoms with Crippen molar-refractivity contribution in [3.05, 3.63) is 53.5 Å². The van der Waals surface area contributed by atoms with E-state index in [4.69, 9.17) is 5.11 Å². The lowest BCUT2D eigenvalue weighted by atomic mass is 10.2. The number of rotatable bonds is 4. The zero-order valence-electron chi connectivity index (χ0n) is 10.5. The molecule has 2 heterocycles. The number of nitrogens with zero attached hydrogens (tertiary/aromatic N) is 2. The normalized spacial score (nSPS) is 10.4. The maximum absolute atomic E-state index is 12.7. The van der Waals surface area contributed by atoms with Crippen LogP contribution in [0.25, 0.3) is 0 Å². The summed E-state index contributed by atoms with van der Waals surface area (Å²) < 4.78 is 25.5. The molecule has 21 heavy (non-hydrogen) atoms. The molecule has 6 nitrogen and oxygen atoms in total. The van der Waals surface area contributed by atoms with Crippen molar-refractivity contribution >= 4 is 17.7 Å². The maximum Gasteiger partial charge on any atom is 0.337 e. The molecule has 0 aliphatic rings. The number of halogens is 2. The Kier molecular flexibility index (Phi) is 4.17. The number of amides is 1. The Labute approximate surface area is 117 Å². The maximum atomic E-state index is 12.7.